The number of nitrogens with zero attached hydrogens (tertiary/aromatic N) is 1. The van der Waals surface area contributed by atoms with Crippen LogP contribution in [0.4, 0.5) is 5.69 Å². The van der Waals surface area contributed by atoms with Gasteiger partial charge in [0.25, 0.3) is 0 Å². The van der Waals surface area contributed by atoms with E-state index in [1.807, 2.05) is 54.6 Å². The van der Waals surface area contributed by atoms with Crippen molar-refractivity contribution in [2.45, 2.75) is 13.3 Å². The summed E-state index contributed by atoms with van der Waals surface area (Å²) < 4.78 is 4.98. The predicted octanol–water partition coefficient (Wildman–Crippen LogP) is 4.08. The first-order valence-electron chi connectivity index (χ1n) is 8.45. The highest BCUT2D eigenvalue weighted by Gasteiger charge is 2.11. The largest absolute Gasteiger partial charge is 0.459 e. The molecule has 1 heterocycles. The lowest BCUT2D eigenvalue weighted by Crippen LogP contribution is -2.21. The molecule has 6 heteroatoms. The third kappa shape index (κ3) is 4.92. The number of carbonyl (C=O) groups is 2. The van der Waals surface area contributed by atoms with Gasteiger partial charge in [0.05, 0.1) is 12.7 Å². The van der Waals surface area contributed by atoms with Crippen molar-refractivity contribution in [1.29, 1.82) is 0 Å². The van der Waals surface area contributed by atoms with Gasteiger partial charge in [0.1, 0.15) is 0 Å². The number of anilines is 1. The highest BCUT2D eigenvalue weighted by Crippen LogP contribution is 2.27. The molecule has 6 nitrogen and oxygen atoms in total. The number of hydrogen-bond donors (Lipinski definition) is 2. The summed E-state index contributed by atoms with van der Waals surface area (Å²) in [6.07, 6.45) is 1.46. The Bertz CT molecular complexity index is 948. The van der Waals surface area contributed by atoms with Crippen molar-refractivity contribution in [1.82, 2.24) is 5.43 Å². The maximum atomic E-state index is 12.4. The van der Waals surface area contributed by atoms with Crippen LogP contribution in [0.3, 0.4) is 0 Å². The maximum absolute atomic E-state index is 12.4. The minimum atomic E-state index is -0.464. The van der Waals surface area contributed by atoms with Crippen LogP contribution in [0.1, 0.15) is 23.9 Å². The van der Waals surface area contributed by atoms with E-state index in [1.54, 1.807) is 13.0 Å². The van der Waals surface area contributed by atoms with Gasteiger partial charge in [-0.2, -0.15) is 5.10 Å². The summed E-state index contributed by atoms with van der Waals surface area (Å²) in [4.78, 5) is 24.1. The molecule has 3 rings (SSSR count). The van der Waals surface area contributed by atoms with Gasteiger partial charge in [-0.05, 0) is 30.7 Å². The zero-order valence-electron chi connectivity index (χ0n) is 14.8. The average Bonchev–Trinajstić information content (AvgIpc) is 3.22. The van der Waals surface area contributed by atoms with Crippen LogP contribution in [0.2, 0.25) is 0 Å². The molecule has 0 spiro atoms. The number of carbonyl (C=O) groups excluding carboxylic acids is 2. The third-order valence-corrected chi connectivity index (χ3v) is 3.80. The summed E-state index contributed by atoms with van der Waals surface area (Å²) in [5, 5.41) is 6.84. The summed E-state index contributed by atoms with van der Waals surface area (Å²) in [6.45, 7) is 1.67. The molecule has 2 N–H and O–H groups in total. The lowest BCUT2D eigenvalue weighted by molar-refractivity contribution is -0.115. The lowest BCUT2D eigenvalue weighted by atomic mass is 10.0. The minimum absolute atomic E-state index is 0.0571. The Kier molecular flexibility index (Phi) is 5.79. The Morgan fingerprint density at radius 1 is 0.963 bits per heavy atom. The highest BCUT2D eigenvalue weighted by atomic mass is 16.3. The summed E-state index contributed by atoms with van der Waals surface area (Å²) in [6, 6.07) is 20.6. The quantitative estimate of drug-likeness (QED) is 0.512. The van der Waals surface area contributed by atoms with Crippen molar-refractivity contribution in [3.8, 4) is 11.1 Å². The van der Waals surface area contributed by atoms with Gasteiger partial charge in [0.15, 0.2) is 5.76 Å². The molecule has 0 fully saturated rings. The molecule has 3 aromatic rings. The van der Waals surface area contributed by atoms with Gasteiger partial charge in [0, 0.05) is 17.0 Å². The van der Waals surface area contributed by atoms with E-state index < -0.39 is 5.91 Å². The second-order valence-corrected chi connectivity index (χ2v) is 5.90. The van der Waals surface area contributed by atoms with Crippen molar-refractivity contribution in [3.05, 3.63) is 78.8 Å². The first kappa shape index (κ1) is 18.1. The number of furan rings is 1. The molecule has 0 aliphatic heterocycles. The molecule has 0 atom stereocenters. The fraction of sp³-hybridized carbons (Fsp3) is 0.0952. The number of benzene rings is 2. The molecule has 0 radical (unpaired) electrons. The van der Waals surface area contributed by atoms with Gasteiger partial charge in [-0.3, -0.25) is 9.59 Å². The molecule has 0 aliphatic rings. The van der Waals surface area contributed by atoms with E-state index in [1.165, 1.54) is 12.3 Å². The molecule has 2 aromatic carbocycles. The fourth-order valence-electron chi connectivity index (χ4n) is 2.54. The van der Waals surface area contributed by atoms with Crippen molar-refractivity contribution < 1.29 is 14.0 Å². The van der Waals surface area contributed by atoms with Crippen LogP contribution in [0.5, 0.6) is 0 Å². The number of amides is 2. The van der Waals surface area contributed by atoms with Crippen LogP contribution in [-0.4, -0.2) is 17.5 Å². The zero-order chi connectivity index (χ0) is 19.1. The average molecular weight is 361 g/mol. The first-order valence-corrected chi connectivity index (χ1v) is 8.45. The summed E-state index contributed by atoms with van der Waals surface area (Å²) in [5.74, 6) is -0.520. The molecule has 0 saturated heterocycles. The summed E-state index contributed by atoms with van der Waals surface area (Å²) in [5.41, 5.74) is 5.52. The molecular weight excluding hydrogens is 342 g/mol. The normalized spacial score (nSPS) is 11.1. The number of nitrogens with one attached hydrogen (secondary N) is 2. The van der Waals surface area contributed by atoms with Crippen LogP contribution in [0.15, 0.2) is 82.5 Å². The van der Waals surface area contributed by atoms with E-state index in [2.05, 4.69) is 15.8 Å². The molecule has 0 unspecified atom stereocenters. The van der Waals surface area contributed by atoms with Gasteiger partial charge in [-0.25, -0.2) is 5.43 Å². The maximum Gasteiger partial charge on any atom is 0.307 e. The molecule has 1 aromatic heterocycles. The van der Waals surface area contributed by atoms with Crippen molar-refractivity contribution in [3.63, 3.8) is 0 Å². The number of hydrazone groups is 1. The molecule has 0 aliphatic carbocycles. The lowest BCUT2D eigenvalue weighted by Gasteiger charge is -2.11. The van der Waals surface area contributed by atoms with Crippen LogP contribution < -0.4 is 10.7 Å². The Morgan fingerprint density at radius 2 is 1.70 bits per heavy atom. The molecule has 0 bridgehead atoms. The van der Waals surface area contributed by atoms with Crippen molar-refractivity contribution in [2.75, 3.05) is 5.32 Å². The number of para-hydroxylation sites is 1. The molecule has 2 amide bonds. The van der Waals surface area contributed by atoms with E-state index >= 15 is 0 Å². The van der Waals surface area contributed by atoms with E-state index in [9.17, 15) is 9.59 Å². The Morgan fingerprint density at radius 3 is 2.44 bits per heavy atom. The predicted molar refractivity (Wildman–Crippen MR) is 104 cm³/mol. The van der Waals surface area contributed by atoms with Gasteiger partial charge < -0.3 is 9.73 Å². The fourth-order valence-corrected chi connectivity index (χ4v) is 2.54. The molecule has 27 heavy (non-hydrogen) atoms. The number of hydrogen-bond acceptors (Lipinski definition) is 4. The van der Waals surface area contributed by atoms with E-state index in [-0.39, 0.29) is 18.1 Å². The van der Waals surface area contributed by atoms with E-state index in [4.69, 9.17) is 4.42 Å². The highest BCUT2D eigenvalue weighted by molar-refractivity contribution is 6.07. The second-order valence-electron chi connectivity index (χ2n) is 5.90. The van der Waals surface area contributed by atoms with Gasteiger partial charge in [-0.1, -0.05) is 48.5 Å². The molecular formula is C21H19N3O3. The summed E-state index contributed by atoms with van der Waals surface area (Å²) in [7, 11) is 0. The zero-order valence-corrected chi connectivity index (χ0v) is 14.8. The van der Waals surface area contributed by atoms with Crippen LogP contribution in [-0.2, 0) is 4.79 Å². The SMILES string of the molecule is C/C(CC(=O)Nc1ccccc1-c1ccccc1)=N/NC(=O)c1ccco1. The van der Waals surface area contributed by atoms with Crippen LogP contribution in [0, 0.1) is 0 Å². The minimum Gasteiger partial charge on any atom is -0.459 e. The molecule has 136 valence electrons. The Balaban J connectivity index is 1.63. The summed E-state index contributed by atoms with van der Waals surface area (Å²) >= 11 is 0. The van der Waals surface area contributed by atoms with Crippen molar-refractivity contribution in [2.24, 2.45) is 5.10 Å². The molecule has 0 saturated carbocycles. The van der Waals surface area contributed by atoms with Crippen LogP contribution in [0.25, 0.3) is 11.1 Å². The van der Waals surface area contributed by atoms with Crippen LogP contribution >= 0.6 is 0 Å². The van der Waals surface area contributed by atoms with Gasteiger partial charge in [-0.15, -0.1) is 0 Å². The first-order chi connectivity index (χ1) is 13.1. The van der Waals surface area contributed by atoms with E-state index in [0.29, 0.717) is 5.71 Å². The Labute approximate surface area is 156 Å². The standard InChI is InChI=1S/C21H19N3O3/c1-15(23-24-21(26)19-12-7-13-27-19)14-20(25)22-18-11-6-5-10-17(18)16-8-3-2-4-9-16/h2-13H,14H2,1H3,(H,22,25)(H,24,26)/b23-15-. The van der Waals surface area contributed by atoms with E-state index in [0.717, 1.165) is 16.8 Å². The second kappa shape index (κ2) is 8.62. The monoisotopic (exact) mass is 361 g/mol. The van der Waals surface area contributed by atoms with Gasteiger partial charge in [0.2, 0.25) is 5.91 Å². The number of rotatable bonds is 6. The van der Waals surface area contributed by atoms with Crippen molar-refractivity contribution >= 4 is 23.2 Å². The smallest absolute Gasteiger partial charge is 0.307 e. The third-order valence-electron chi connectivity index (χ3n) is 3.80. The Hall–Kier alpha value is -3.67. The topological polar surface area (TPSA) is 83.7 Å². The van der Waals surface area contributed by atoms with Gasteiger partial charge >= 0.3 is 5.91 Å².